The van der Waals surface area contributed by atoms with Crippen LogP contribution < -0.4 is 15.0 Å². The van der Waals surface area contributed by atoms with Gasteiger partial charge in [-0.2, -0.15) is 4.98 Å². The van der Waals surface area contributed by atoms with Gasteiger partial charge in [0.2, 0.25) is 5.91 Å². The molecule has 29 heavy (non-hydrogen) atoms. The maximum absolute atomic E-state index is 12.8. The molecule has 1 saturated heterocycles. The van der Waals surface area contributed by atoms with Gasteiger partial charge >= 0.3 is 0 Å². The smallest absolute Gasteiger partial charge is 0.263 e. The normalized spacial score (nSPS) is 15.0. The van der Waals surface area contributed by atoms with Crippen LogP contribution in [0.15, 0.2) is 23.0 Å². The summed E-state index contributed by atoms with van der Waals surface area (Å²) < 4.78 is 10.6. The van der Waals surface area contributed by atoms with Gasteiger partial charge < -0.3 is 19.5 Å². The highest BCUT2D eigenvalue weighted by Crippen LogP contribution is 2.33. The molecule has 0 aliphatic carbocycles. The first-order valence-corrected chi connectivity index (χ1v) is 9.82. The second-order valence-corrected chi connectivity index (χ2v) is 7.60. The summed E-state index contributed by atoms with van der Waals surface area (Å²) in [6, 6.07) is 3.55. The van der Waals surface area contributed by atoms with Crippen LogP contribution in [0.4, 0.5) is 11.5 Å². The number of anilines is 2. The molecule has 1 fully saturated rings. The summed E-state index contributed by atoms with van der Waals surface area (Å²) in [7, 11) is 1.56. The maximum Gasteiger partial charge on any atom is 0.263 e. The second-order valence-electron chi connectivity index (χ2n) is 7.20. The van der Waals surface area contributed by atoms with E-state index in [2.05, 4.69) is 25.3 Å². The van der Waals surface area contributed by atoms with E-state index in [-0.39, 0.29) is 11.8 Å². The summed E-state index contributed by atoms with van der Waals surface area (Å²) in [5.74, 6) is 1.26. The number of rotatable bonds is 4. The molecule has 4 rings (SSSR count). The van der Waals surface area contributed by atoms with Gasteiger partial charge in [0.1, 0.15) is 23.3 Å². The third-order valence-electron chi connectivity index (χ3n) is 5.33. The number of carbonyl (C=O) groups is 1. The zero-order valence-corrected chi connectivity index (χ0v) is 17.3. The molecule has 9 heteroatoms. The van der Waals surface area contributed by atoms with Crippen LogP contribution >= 0.6 is 11.6 Å². The number of methoxy groups -OCH3 is 1. The molecule has 1 aromatic carbocycles. The highest BCUT2D eigenvalue weighted by atomic mass is 35.5. The minimum absolute atomic E-state index is 0.0151. The number of amides is 1. The Kier molecular flexibility index (Phi) is 5.27. The van der Waals surface area contributed by atoms with Crippen molar-refractivity contribution in [2.75, 3.05) is 30.4 Å². The molecular weight excluding hydrogens is 394 g/mol. The van der Waals surface area contributed by atoms with Gasteiger partial charge in [-0.3, -0.25) is 4.79 Å². The highest BCUT2D eigenvalue weighted by Gasteiger charge is 2.28. The lowest BCUT2D eigenvalue weighted by Crippen LogP contribution is -2.38. The lowest BCUT2D eigenvalue weighted by Gasteiger charge is -2.32. The highest BCUT2D eigenvalue weighted by molar-refractivity contribution is 6.31. The Morgan fingerprint density at radius 3 is 2.76 bits per heavy atom. The maximum atomic E-state index is 12.8. The Bertz CT molecular complexity index is 1060. The van der Waals surface area contributed by atoms with E-state index in [1.54, 1.807) is 13.2 Å². The zero-order valence-electron chi connectivity index (χ0n) is 16.5. The van der Waals surface area contributed by atoms with Gasteiger partial charge in [0.15, 0.2) is 0 Å². The standard InChI is InChI=1S/C20H22ClN5O3/c1-11-8-15(16(28-3)9-14(11)21)24-19(27)13-4-6-26(7-5-13)18-17-12(2)25-29-20(17)23-10-22-18/h8-10,13H,4-7H2,1-3H3,(H,24,27). The number of benzene rings is 1. The molecule has 0 atom stereocenters. The number of nitrogens with zero attached hydrogens (tertiary/aromatic N) is 4. The molecule has 1 aliphatic rings. The fourth-order valence-corrected chi connectivity index (χ4v) is 3.82. The quantitative estimate of drug-likeness (QED) is 0.693. The van der Waals surface area contributed by atoms with Gasteiger partial charge in [0.05, 0.1) is 18.5 Å². The Morgan fingerprint density at radius 2 is 2.03 bits per heavy atom. The van der Waals surface area contributed by atoms with Crippen molar-refractivity contribution in [3.8, 4) is 5.75 Å². The van der Waals surface area contributed by atoms with Crippen LogP contribution in [0.2, 0.25) is 5.02 Å². The molecule has 3 heterocycles. The summed E-state index contributed by atoms with van der Waals surface area (Å²) in [5, 5.41) is 8.41. The average molecular weight is 416 g/mol. The molecule has 8 nitrogen and oxygen atoms in total. The predicted octanol–water partition coefficient (Wildman–Crippen LogP) is 3.75. The van der Waals surface area contributed by atoms with Gasteiger partial charge in [0, 0.05) is 30.1 Å². The molecule has 3 aromatic rings. The van der Waals surface area contributed by atoms with Gasteiger partial charge in [-0.25, -0.2) is 4.98 Å². The van der Waals surface area contributed by atoms with Crippen molar-refractivity contribution in [3.05, 3.63) is 34.7 Å². The Hall–Kier alpha value is -2.87. The molecule has 152 valence electrons. The fraction of sp³-hybridized carbons (Fsp3) is 0.400. The van der Waals surface area contributed by atoms with Crippen molar-refractivity contribution in [2.24, 2.45) is 5.92 Å². The van der Waals surface area contributed by atoms with Crippen molar-refractivity contribution in [2.45, 2.75) is 26.7 Å². The van der Waals surface area contributed by atoms with Crippen molar-refractivity contribution in [1.29, 1.82) is 0 Å². The third kappa shape index (κ3) is 3.72. The molecule has 0 unspecified atom stereocenters. The molecular formula is C20H22ClN5O3. The Morgan fingerprint density at radius 1 is 1.28 bits per heavy atom. The number of hydrogen-bond donors (Lipinski definition) is 1. The first-order chi connectivity index (χ1) is 14.0. The van der Waals surface area contributed by atoms with Crippen LogP contribution in [0.3, 0.4) is 0 Å². The minimum atomic E-state index is -0.0900. The SMILES string of the molecule is COc1cc(Cl)c(C)cc1NC(=O)C1CCN(c2ncnc3onc(C)c23)CC1. The van der Waals surface area contributed by atoms with Crippen molar-refractivity contribution in [1.82, 2.24) is 15.1 Å². The van der Waals surface area contributed by atoms with E-state index >= 15 is 0 Å². The topological polar surface area (TPSA) is 93.4 Å². The first-order valence-electron chi connectivity index (χ1n) is 9.45. The van der Waals surface area contributed by atoms with Crippen LogP contribution in [0.1, 0.15) is 24.1 Å². The number of nitrogens with one attached hydrogen (secondary N) is 1. The van der Waals surface area contributed by atoms with Crippen molar-refractivity contribution < 1.29 is 14.1 Å². The predicted molar refractivity (Wildman–Crippen MR) is 111 cm³/mol. The molecule has 0 saturated carbocycles. The number of ether oxygens (including phenoxy) is 1. The minimum Gasteiger partial charge on any atom is -0.495 e. The van der Waals surface area contributed by atoms with E-state index in [0.29, 0.717) is 35.3 Å². The average Bonchev–Trinajstić information content (AvgIpc) is 3.12. The second kappa shape index (κ2) is 7.87. The number of carbonyl (C=O) groups excluding carboxylic acids is 1. The number of fused-ring (bicyclic) bond motifs is 1. The first kappa shape index (κ1) is 19.4. The van der Waals surface area contributed by atoms with E-state index in [9.17, 15) is 4.79 Å². The van der Waals surface area contributed by atoms with E-state index in [0.717, 1.165) is 35.3 Å². The largest absolute Gasteiger partial charge is 0.495 e. The van der Waals surface area contributed by atoms with E-state index in [4.69, 9.17) is 20.9 Å². The van der Waals surface area contributed by atoms with Gasteiger partial charge in [-0.15, -0.1) is 0 Å². The summed E-state index contributed by atoms with van der Waals surface area (Å²) in [5.41, 5.74) is 2.77. The number of piperidine rings is 1. The van der Waals surface area contributed by atoms with Gasteiger partial charge in [-0.1, -0.05) is 16.8 Å². The molecule has 0 bridgehead atoms. The van der Waals surface area contributed by atoms with Crippen molar-refractivity contribution >= 4 is 40.1 Å². The number of aromatic nitrogens is 3. The lowest BCUT2D eigenvalue weighted by atomic mass is 9.95. The van der Waals surface area contributed by atoms with E-state index < -0.39 is 0 Å². The number of halogens is 1. The van der Waals surface area contributed by atoms with Gasteiger partial charge in [-0.05, 0) is 38.3 Å². The summed E-state index contributed by atoms with van der Waals surface area (Å²) in [6.07, 6.45) is 2.92. The van der Waals surface area contributed by atoms with E-state index in [1.807, 2.05) is 19.9 Å². The van der Waals surface area contributed by atoms with Gasteiger partial charge in [0.25, 0.3) is 5.71 Å². The molecule has 1 aliphatic heterocycles. The monoisotopic (exact) mass is 415 g/mol. The summed E-state index contributed by atoms with van der Waals surface area (Å²) in [4.78, 5) is 23.5. The third-order valence-corrected chi connectivity index (χ3v) is 5.73. The zero-order chi connectivity index (χ0) is 20.5. The Labute approximate surface area is 173 Å². The van der Waals surface area contributed by atoms with Crippen LogP contribution in [-0.4, -0.2) is 41.2 Å². The van der Waals surface area contributed by atoms with Crippen LogP contribution in [-0.2, 0) is 4.79 Å². The van der Waals surface area contributed by atoms with Crippen LogP contribution in [0.25, 0.3) is 11.1 Å². The molecule has 1 amide bonds. The van der Waals surface area contributed by atoms with E-state index in [1.165, 1.54) is 6.33 Å². The summed E-state index contributed by atoms with van der Waals surface area (Å²) in [6.45, 7) is 5.20. The molecule has 1 N–H and O–H groups in total. The summed E-state index contributed by atoms with van der Waals surface area (Å²) >= 11 is 6.15. The number of aryl methyl sites for hydroxylation is 2. The molecule has 2 aromatic heterocycles. The number of hydrogen-bond acceptors (Lipinski definition) is 7. The van der Waals surface area contributed by atoms with Crippen LogP contribution in [0, 0.1) is 19.8 Å². The fourth-order valence-electron chi connectivity index (χ4n) is 3.66. The lowest BCUT2D eigenvalue weighted by molar-refractivity contribution is -0.120. The Balaban J connectivity index is 1.45. The molecule has 0 spiro atoms. The van der Waals surface area contributed by atoms with Crippen LogP contribution in [0.5, 0.6) is 5.75 Å². The molecule has 0 radical (unpaired) electrons. The van der Waals surface area contributed by atoms with Crippen molar-refractivity contribution in [3.63, 3.8) is 0 Å².